The van der Waals surface area contributed by atoms with Gasteiger partial charge in [-0.2, -0.15) is 0 Å². The van der Waals surface area contributed by atoms with Crippen molar-refractivity contribution >= 4 is 11.8 Å². The van der Waals surface area contributed by atoms with E-state index >= 15 is 0 Å². The number of amides is 2. The van der Waals surface area contributed by atoms with Gasteiger partial charge in [0.2, 0.25) is 5.91 Å². The molecule has 0 spiro atoms. The molecule has 6 nitrogen and oxygen atoms in total. The molecule has 0 bridgehead atoms. The number of ether oxygens (including phenoxy) is 1. The van der Waals surface area contributed by atoms with E-state index in [1.165, 1.54) is 6.26 Å². The number of carbonyl (C=O) groups is 2. The molecular weight excluding hydrogens is 356 g/mol. The summed E-state index contributed by atoms with van der Waals surface area (Å²) in [4.78, 5) is 27.3. The van der Waals surface area contributed by atoms with Gasteiger partial charge in [0.05, 0.1) is 19.3 Å². The molecule has 6 heteroatoms. The largest absolute Gasteiger partial charge is 0.497 e. The van der Waals surface area contributed by atoms with Crippen molar-refractivity contribution in [3.05, 3.63) is 54.0 Å². The van der Waals surface area contributed by atoms with Crippen LogP contribution in [0.2, 0.25) is 0 Å². The first-order chi connectivity index (χ1) is 13.5. The molecule has 1 aromatic heterocycles. The quantitative estimate of drug-likeness (QED) is 0.795. The Bertz CT molecular complexity index is 783. The van der Waals surface area contributed by atoms with Crippen LogP contribution < -0.4 is 10.1 Å². The van der Waals surface area contributed by atoms with Gasteiger partial charge in [0, 0.05) is 25.6 Å². The molecule has 0 aliphatic carbocycles. The fourth-order valence-corrected chi connectivity index (χ4v) is 3.60. The van der Waals surface area contributed by atoms with Crippen LogP contribution in [0.1, 0.15) is 42.3 Å². The highest BCUT2D eigenvalue weighted by Gasteiger charge is 2.41. The van der Waals surface area contributed by atoms with E-state index in [1.807, 2.05) is 24.3 Å². The molecule has 2 amide bonds. The first-order valence-electron chi connectivity index (χ1n) is 9.74. The molecule has 1 fully saturated rings. The minimum Gasteiger partial charge on any atom is -0.497 e. The van der Waals surface area contributed by atoms with Crippen LogP contribution in [0.5, 0.6) is 5.75 Å². The Morgan fingerprint density at radius 1 is 1.21 bits per heavy atom. The lowest BCUT2D eigenvalue weighted by Gasteiger charge is -2.18. The zero-order valence-corrected chi connectivity index (χ0v) is 16.7. The van der Waals surface area contributed by atoms with E-state index in [0.29, 0.717) is 31.3 Å². The molecule has 1 aliphatic heterocycles. The molecular formula is C22H28N2O4. The highest BCUT2D eigenvalue weighted by molar-refractivity contribution is 5.92. The van der Waals surface area contributed by atoms with Crippen LogP contribution in [-0.2, 0) is 4.79 Å². The third kappa shape index (κ3) is 4.55. The second-order valence-corrected chi connectivity index (χ2v) is 7.65. The van der Waals surface area contributed by atoms with Crippen LogP contribution >= 0.6 is 0 Å². The summed E-state index contributed by atoms with van der Waals surface area (Å²) in [5, 5.41) is 3.05. The van der Waals surface area contributed by atoms with Gasteiger partial charge in [0.15, 0.2) is 5.76 Å². The summed E-state index contributed by atoms with van der Waals surface area (Å²) in [5.74, 6) is 1.05. The fraction of sp³-hybridized carbons (Fsp3) is 0.455. The zero-order chi connectivity index (χ0) is 20.1. The number of hydrogen-bond donors (Lipinski definition) is 1. The molecule has 0 radical (unpaired) electrons. The third-order valence-corrected chi connectivity index (χ3v) is 5.24. The molecule has 2 aromatic rings. The van der Waals surface area contributed by atoms with Gasteiger partial charge in [-0.15, -0.1) is 0 Å². The summed E-state index contributed by atoms with van der Waals surface area (Å²) in [6.45, 7) is 5.77. The highest BCUT2D eigenvalue weighted by atomic mass is 16.5. The monoisotopic (exact) mass is 384 g/mol. The van der Waals surface area contributed by atoms with Gasteiger partial charge < -0.3 is 19.4 Å². The molecule has 3 rings (SSSR count). The smallest absolute Gasteiger partial charge is 0.289 e. The molecule has 0 saturated carbocycles. The second-order valence-electron chi connectivity index (χ2n) is 7.65. The maximum atomic E-state index is 12.9. The molecule has 2 heterocycles. The predicted molar refractivity (Wildman–Crippen MR) is 106 cm³/mol. The minimum atomic E-state index is -0.292. The molecule has 28 heavy (non-hydrogen) atoms. The Morgan fingerprint density at radius 2 is 1.96 bits per heavy atom. The van der Waals surface area contributed by atoms with Crippen LogP contribution in [0.15, 0.2) is 47.1 Å². The van der Waals surface area contributed by atoms with Gasteiger partial charge in [-0.3, -0.25) is 9.59 Å². The van der Waals surface area contributed by atoms with Gasteiger partial charge in [-0.25, -0.2) is 0 Å². The molecule has 1 N–H and O–H groups in total. The standard InChI is InChI=1S/C22H28N2O4/c1-15(2)10-11-23-21(25)19-14-24(22(26)20-5-4-12-28-20)13-18(19)16-6-8-17(27-3)9-7-16/h4-9,12,15,18-19H,10-11,13-14H2,1-3H3,(H,23,25)/t18-,19+/m1/s1. The van der Waals surface area contributed by atoms with Crippen molar-refractivity contribution in [3.8, 4) is 5.75 Å². The maximum absolute atomic E-state index is 12.9. The van der Waals surface area contributed by atoms with Crippen molar-refractivity contribution in [1.82, 2.24) is 10.2 Å². The van der Waals surface area contributed by atoms with Crippen molar-refractivity contribution in [2.75, 3.05) is 26.7 Å². The average molecular weight is 384 g/mol. The molecule has 2 atom stereocenters. The number of hydrogen-bond acceptors (Lipinski definition) is 4. The van der Waals surface area contributed by atoms with Crippen molar-refractivity contribution < 1.29 is 18.7 Å². The number of furan rings is 1. The first kappa shape index (κ1) is 20.0. The lowest BCUT2D eigenvalue weighted by molar-refractivity contribution is -0.124. The number of benzene rings is 1. The van der Waals surface area contributed by atoms with Gasteiger partial charge in [0.25, 0.3) is 5.91 Å². The SMILES string of the molecule is COc1ccc([C@H]2CN(C(=O)c3ccco3)C[C@@H]2C(=O)NCCC(C)C)cc1. The van der Waals surface area contributed by atoms with Gasteiger partial charge in [-0.1, -0.05) is 26.0 Å². The lowest BCUT2D eigenvalue weighted by atomic mass is 9.88. The van der Waals surface area contributed by atoms with Crippen LogP contribution in [-0.4, -0.2) is 43.5 Å². The molecule has 1 aliphatic rings. The summed E-state index contributed by atoms with van der Waals surface area (Å²) < 4.78 is 10.5. The number of carbonyl (C=O) groups excluding carboxylic acids is 2. The van der Waals surface area contributed by atoms with Crippen LogP contribution in [0.3, 0.4) is 0 Å². The average Bonchev–Trinajstić information content (AvgIpc) is 3.37. The van der Waals surface area contributed by atoms with E-state index in [2.05, 4.69) is 19.2 Å². The normalized spacial score (nSPS) is 19.1. The summed E-state index contributed by atoms with van der Waals surface area (Å²) in [6.07, 6.45) is 2.42. The number of rotatable bonds is 7. The number of likely N-dealkylation sites (tertiary alicyclic amines) is 1. The Kier molecular flexibility index (Phi) is 6.39. The van der Waals surface area contributed by atoms with Gasteiger partial charge in [0.1, 0.15) is 5.75 Å². The summed E-state index contributed by atoms with van der Waals surface area (Å²) in [6, 6.07) is 11.1. The number of nitrogens with zero attached hydrogens (tertiary/aromatic N) is 1. The van der Waals surface area contributed by atoms with Gasteiger partial charge in [-0.05, 0) is 42.2 Å². The molecule has 1 saturated heterocycles. The van der Waals surface area contributed by atoms with E-state index < -0.39 is 0 Å². The Morgan fingerprint density at radius 3 is 2.57 bits per heavy atom. The third-order valence-electron chi connectivity index (χ3n) is 5.24. The van der Waals surface area contributed by atoms with Crippen molar-refractivity contribution in [1.29, 1.82) is 0 Å². The van der Waals surface area contributed by atoms with Crippen LogP contribution in [0, 0.1) is 11.8 Å². The van der Waals surface area contributed by atoms with E-state index in [4.69, 9.17) is 9.15 Å². The number of methoxy groups -OCH3 is 1. The minimum absolute atomic E-state index is 0.00351. The zero-order valence-electron chi connectivity index (χ0n) is 16.7. The van der Waals surface area contributed by atoms with E-state index in [1.54, 1.807) is 24.1 Å². The van der Waals surface area contributed by atoms with Crippen LogP contribution in [0.25, 0.3) is 0 Å². The predicted octanol–water partition coefficient (Wildman–Crippen LogP) is 3.31. The van der Waals surface area contributed by atoms with Gasteiger partial charge >= 0.3 is 0 Å². The van der Waals surface area contributed by atoms with Crippen LogP contribution in [0.4, 0.5) is 0 Å². The van der Waals surface area contributed by atoms with Crippen molar-refractivity contribution in [2.24, 2.45) is 11.8 Å². The van der Waals surface area contributed by atoms with Crippen molar-refractivity contribution in [3.63, 3.8) is 0 Å². The molecule has 0 unspecified atom stereocenters. The maximum Gasteiger partial charge on any atom is 0.289 e. The van der Waals surface area contributed by atoms with Crippen molar-refractivity contribution in [2.45, 2.75) is 26.2 Å². The van der Waals surface area contributed by atoms with E-state index in [9.17, 15) is 9.59 Å². The summed E-state index contributed by atoms with van der Waals surface area (Å²) >= 11 is 0. The summed E-state index contributed by atoms with van der Waals surface area (Å²) in [7, 11) is 1.62. The fourth-order valence-electron chi connectivity index (χ4n) is 3.60. The summed E-state index contributed by atoms with van der Waals surface area (Å²) in [5.41, 5.74) is 1.03. The van der Waals surface area contributed by atoms with E-state index in [-0.39, 0.29) is 23.7 Å². The highest BCUT2D eigenvalue weighted by Crippen LogP contribution is 2.34. The topological polar surface area (TPSA) is 71.8 Å². The number of nitrogens with one attached hydrogen (secondary N) is 1. The molecule has 150 valence electrons. The molecule has 1 aromatic carbocycles. The Balaban J connectivity index is 1.78. The lowest BCUT2D eigenvalue weighted by Crippen LogP contribution is -2.36. The Labute approximate surface area is 165 Å². The first-order valence-corrected chi connectivity index (χ1v) is 9.74. The second kappa shape index (κ2) is 8.95. The Hall–Kier alpha value is -2.76. The van der Waals surface area contributed by atoms with E-state index in [0.717, 1.165) is 17.7 Å².